The molecule has 17 heteroatoms. The SMILES string of the molecule is Cc1ncsc1-c1ccc(C(C)NC(=O)[C@@H]2C[C@@H](O)CN2C(=O)C(NC(=O)CCCc2cc(F)cc(OCC(CCC(N)=O)NC(=O)OC(C)(C)C)c2F)C(C)(C)C)cc1. The Morgan fingerprint density at radius 3 is 2.30 bits per heavy atom. The molecule has 0 saturated carbocycles. The van der Waals surface area contributed by atoms with Gasteiger partial charge in [-0.2, -0.15) is 0 Å². The molecule has 4 rings (SSSR count). The number of hydrogen-bond acceptors (Lipinski definition) is 10. The number of β-amino-alcohol motifs (C(OH)–C–C–N with tert-alkyl or cyclic N) is 1. The first-order valence-corrected chi connectivity index (χ1v) is 20.9. The summed E-state index contributed by atoms with van der Waals surface area (Å²) in [7, 11) is 0. The number of nitrogens with zero attached hydrogens (tertiary/aromatic N) is 2. The molecular weight excluding hydrogens is 799 g/mol. The van der Waals surface area contributed by atoms with Gasteiger partial charge in [0.2, 0.25) is 23.6 Å². The lowest BCUT2D eigenvalue weighted by atomic mass is 9.85. The van der Waals surface area contributed by atoms with E-state index in [9.17, 15) is 33.5 Å². The molecule has 1 aromatic heterocycles. The van der Waals surface area contributed by atoms with Crippen LogP contribution in [0.4, 0.5) is 13.6 Å². The van der Waals surface area contributed by atoms with Crippen LogP contribution in [-0.2, 0) is 30.3 Å². The van der Waals surface area contributed by atoms with Crippen LogP contribution in [0.15, 0.2) is 41.9 Å². The summed E-state index contributed by atoms with van der Waals surface area (Å²) in [5.41, 5.74) is 8.18. The van der Waals surface area contributed by atoms with Gasteiger partial charge in [0.1, 0.15) is 30.1 Å². The first-order valence-electron chi connectivity index (χ1n) is 20.0. The summed E-state index contributed by atoms with van der Waals surface area (Å²) in [6, 6.07) is 6.35. The van der Waals surface area contributed by atoms with Crippen molar-refractivity contribution < 1.29 is 47.3 Å². The maximum atomic E-state index is 15.6. The van der Waals surface area contributed by atoms with Gasteiger partial charge in [0, 0.05) is 31.9 Å². The molecule has 1 fully saturated rings. The summed E-state index contributed by atoms with van der Waals surface area (Å²) in [6.45, 7) is 13.7. The summed E-state index contributed by atoms with van der Waals surface area (Å²) in [4.78, 5) is 71.5. The third-order valence-electron chi connectivity index (χ3n) is 9.89. The highest BCUT2D eigenvalue weighted by molar-refractivity contribution is 7.13. The highest BCUT2D eigenvalue weighted by Crippen LogP contribution is 2.30. The number of carbonyl (C=O) groups excluding carboxylic acids is 5. The number of benzene rings is 2. The van der Waals surface area contributed by atoms with Gasteiger partial charge in [0.15, 0.2) is 11.6 Å². The second-order valence-corrected chi connectivity index (χ2v) is 18.1. The number of thiazole rings is 1. The Hall–Kier alpha value is -5.16. The topological polar surface area (TPSA) is 202 Å². The van der Waals surface area contributed by atoms with Gasteiger partial charge >= 0.3 is 6.09 Å². The molecule has 0 radical (unpaired) electrons. The minimum Gasteiger partial charge on any atom is -0.488 e. The Labute approximate surface area is 354 Å². The smallest absolute Gasteiger partial charge is 0.407 e. The zero-order valence-electron chi connectivity index (χ0n) is 35.5. The van der Waals surface area contributed by atoms with Crippen LogP contribution >= 0.6 is 11.3 Å². The van der Waals surface area contributed by atoms with E-state index in [2.05, 4.69) is 20.9 Å². The van der Waals surface area contributed by atoms with Crippen LogP contribution in [0.25, 0.3) is 10.4 Å². The average Bonchev–Trinajstić information content (AvgIpc) is 3.76. The standard InChI is InChI=1S/C43H58F2N6O8S/c1-24(26-12-14-27(15-13-26)37-25(2)47-23-60-37)48-39(55)32-20-31(52)21-51(32)40(56)38(42(3,4)5)50-35(54)11-9-10-28-18-29(44)19-33(36(28)45)58-22-30(16-17-34(46)53)49-41(57)59-43(6,7)8/h12-15,18-19,23-24,30-32,38,52H,9-11,16-17,20-22H2,1-8H3,(H2,46,53)(H,48,55)(H,49,57)(H,50,54)/t24?,30?,31-,32+,38?/m1/s1. The summed E-state index contributed by atoms with van der Waals surface area (Å²) in [6.07, 6.45) is -1.89. The molecule has 1 saturated heterocycles. The number of aromatic nitrogens is 1. The minimum atomic E-state index is -1.08. The van der Waals surface area contributed by atoms with E-state index in [-0.39, 0.29) is 57.2 Å². The molecule has 2 aromatic carbocycles. The van der Waals surface area contributed by atoms with E-state index in [0.717, 1.165) is 33.8 Å². The zero-order valence-corrected chi connectivity index (χ0v) is 36.3. The molecule has 14 nitrogen and oxygen atoms in total. The fourth-order valence-corrected chi connectivity index (χ4v) is 7.58. The molecule has 3 aromatic rings. The van der Waals surface area contributed by atoms with Crippen molar-refractivity contribution >= 4 is 41.1 Å². The fraction of sp³-hybridized carbons (Fsp3) is 0.535. The van der Waals surface area contributed by atoms with Gasteiger partial charge in [-0.25, -0.2) is 18.6 Å². The van der Waals surface area contributed by atoms with Gasteiger partial charge < -0.3 is 41.2 Å². The normalized spacial score (nSPS) is 17.0. The van der Waals surface area contributed by atoms with Crippen molar-refractivity contribution in [3.63, 3.8) is 0 Å². The van der Waals surface area contributed by atoms with Crippen molar-refractivity contribution in [2.75, 3.05) is 13.2 Å². The van der Waals surface area contributed by atoms with Crippen molar-refractivity contribution in [3.8, 4) is 16.2 Å². The molecule has 5 atom stereocenters. The van der Waals surface area contributed by atoms with E-state index in [4.69, 9.17) is 15.2 Å². The van der Waals surface area contributed by atoms with E-state index in [1.165, 1.54) is 4.90 Å². The van der Waals surface area contributed by atoms with Crippen molar-refractivity contribution in [2.24, 2.45) is 11.1 Å². The number of amides is 5. The van der Waals surface area contributed by atoms with E-state index in [1.54, 1.807) is 58.4 Å². The Morgan fingerprint density at radius 1 is 1.02 bits per heavy atom. The molecule has 3 unspecified atom stereocenters. The zero-order chi connectivity index (χ0) is 44.5. The van der Waals surface area contributed by atoms with E-state index >= 15 is 4.39 Å². The van der Waals surface area contributed by atoms with Crippen molar-refractivity contribution in [3.05, 3.63) is 70.4 Å². The molecule has 5 amide bonds. The summed E-state index contributed by atoms with van der Waals surface area (Å²) < 4.78 is 41.1. The number of nitrogens with two attached hydrogens (primary N) is 1. The average molecular weight is 857 g/mol. The molecular formula is C43H58F2N6O8S. The lowest BCUT2D eigenvalue weighted by molar-refractivity contribution is -0.144. The Kier molecular flexibility index (Phi) is 16.2. The third-order valence-corrected chi connectivity index (χ3v) is 10.9. The van der Waals surface area contributed by atoms with E-state index < -0.39 is 88.4 Å². The lowest BCUT2D eigenvalue weighted by Gasteiger charge is -2.35. The second kappa shape index (κ2) is 20.4. The predicted molar refractivity (Wildman–Crippen MR) is 223 cm³/mol. The Balaban J connectivity index is 1.36. The molecule has 0 bridgehead atoms. The number of carbonyl (C=O) groups is 5. The number of alkyl carbamates (subject to hydrolysis) is 1. The fourth-order valence-electron chi connectivity index (χ4n) is 6.77. The highest BCUT2D eigenvalue weighted by atomic mass is 32.1. The number of aliphatic hydroxyl groups excluding tert-OH is 1. The van der Waals surface area contributed by atoms with E-state index in [1.807, 2.05) is 38.1 Å². The van der Waals surface area contributed by atoms with Gasteiger partial charge in [-0.05, 0) is 82.1 Å². The number of likely N-dealkylation sites (tertiary alicyclic amines) is 1. The number of aryl methyl sites for hydroxylation is 2. The van der Waals surface area contributed by atoms with Crippen LogP contribution in [0.2, 0.25) is 0 Å². The number of rotatable bonds is 17. The molecule has 0 aliphatic carbocycles. The maximum absolute atomic E-state index is 15.6. The van der Waals surface area contributed by atoms with E-state index in [0.29, 0.717) is 0 Å². The number of halogens is 2. The number of aliphatic hydroxyl groups is 1. The quantitative estimate of drug-likeness (QED) is 0.114. The molecule has 6 N–H and O–H groups in total. The maximum Gasteiger partial charge on any atom is 0.407 e. The number of hydrogen-bond donors (Lipinski definition) is 5. The largest absolute Gasteiger partial charge is 0.488 e. The monoisotopic (exact) mass is 856 g/mol. The second-order valence-electron chi connectivity index (χ2n) is 17.3. The summed E-state index contributed by atoms with van der Waals surface area (Å²) in [5.74, 6) is -4.19. The number of nitrogens with one attached hydrogen (secondary N) is 3. The summed E-state index contributed by atoms with van der Waals surface area (Å²) in [5, 5.41) is 18.9. The highest BCUT2D eigenvalue weighted by Gasteiger charge is 2.44. The molecule has 1 aliphatic rings. The molecule has 1 aliphatic heterocycles. The molecule has 328 valence electrons. The first kappa shape index (κ1) is 47.5. The van der Waals surface area contributed by atoms with Gasteiger partial charge in [-0.15, -0.1) is 11.3 Å². The van der Waals surface area contributed by atoms with Crippen LogP contribution in [0.1, 0.15) is 103 Å². The number of primary amides is 1. The third kappa shape index (κ3) is 13.7. The van der Waals surface area contributed by atoms with Crippen LogP contribution < -0.4 is 26.4 Å². The lowest BCUT2D eigenvalue weighted by Crippen LogP contribution is -2.57. The van der Waals surface area contributed by atoms with Gasteiger partial charge in [0.05, 0.1) is 34.3 Å². The van der Waals surface area contributed by atoms with Gasteiger partial charge in [-0.1, -0.05) is 45.0 Å². The van der Waals surface area contributed by atoms with Gasteiger partial charge in [0.25, 0.3) is 0 Å². The van der Waals surface area contributed by atoms with Crippen molar-refractivity contribution in [1.29, 1.82) is 0 Å². The predicted octanol–water partition coefficient (Wildman–Crippen LogP) is 5.63. The minimum absolute atomic E-state index is 0.0257. The first-order chi connectivity index (χ1) is 28.0. The molecule has 0 spiro atoms. The van der Waals surface area contributed by atoms with Gasteiger partial charge in [-0.3, -0.25) is 19.2 Å². The van der Waals surface area contributed by atoms with Crippen LogP contribution in [-0.4, -0.2) is 87.7 Å². The Morgan fingerprint density at radius 2 is 1.70 bits per heavy atom. The van der Waals surface area contributed by atoms with Crippen LogP contribution in [0.3, 0.4) is 0 Å². The van der Waals surface area contributed by atoms with Crippen LogP contribution in [0.5, 0.6) is 5.75 Å². The van der Waals surface area contributed by atoms with Crippen LogP contribution in [0, 0.1) is 24.0 Å². The number of ether oxygens (including phenoxy) is 2. The molecule has 60 heavy (non-hydrogen) atoms. The summed E-state index contributed by atoms with van der Waals surface area (Å²) >= 11 is 1.54. The van der Waals surface area contributed by atoms with Crippen molar-refractivity contribution in [1.82, 2.24) is 25.8 Å². The molecule has 2 heterocycles. The van der Waals surface area contributed by atoms with Crippen molar-refractivity contribution in [2.45, 2.75) is 130 Å². The Bertz CT molecular complexity index is 2000.